The Labute approximate surface area is 121 Å². The summed E-state index contributed by atoms with van der Waals surface area (Å²) in [5.74, 6) is 0. The van der Waals surface area contributed by atoms with Crippen molar-refractivity contribution in [2.24, 2.45) is 0 Å². The number of nitrogens with zero attached hydrogens (tertiary/aromatic N) is 2. The summed E-state index contributed by atoms with van der Waals surface area (Å²) in [5.41, 5.74) is 2.98. The first-order valence-electron chi connectivity index (χ1n) is 6.72. The highest BCUT2D eigenvalue weighted by Gasteiger charge is 2.10. The summed E-state index contributed by atoms with van der Waals surface area (Å²) in [7, 11) is 0. The number of benzene rings is 2. The van der Waals surface area contributed by atoms with Crippen molar-refractivity contribution in [3.05, 3.63) is 78.1 Å². The zero-order valence-electron chi connectivity index (χ0n) is 11.2. The predicted molar refractivity (Wildman–Crippen MR) is 82.5 cm³/mol. The number of para-hydroxylation sites is 2. The number of rotatable bonds is 1. The van der Waals surface area contributed by atoms with Crippen LogP contribution in [0.15, 0.2) is 66.7 Å². The van der Waals surface area contributed by atoms with Crippen LogP contribution in [-0.4, -0.2) is 4.98 Å². The highest BCUT2D eigenvalue weighted by Crippen LogP contribution is 2.22. The van der Waals surface area contributed by atoms with Gasteiger partial charge in [-0.25, -0.2) is 4.98 Å². The normalized spacial score (nSPS) is 11.0. The van der Waals surface area contributed by atoms with E-state index in [1.165, 1.54) is 0 Å². The van der Waals surface area contributed by atoms with E-state index in [4.69, 9.17) is 0 Å². The van der Waals surface area contributed by atoms with E-state index in [1.807, 2.05) is 60.7 Å². The van der Waals surface area contributed by atoms with Crippen LogP contribution >= 0.6 is 0 Å². The fourth-order valence-corrected chi connectivity index (χ4v) is 2.50. The Bertz CT molecular complexity index is 963. The number of fused-ring (bicyclic) bond motifs is 2. The average Bonchev–Trinajstić information content (AvgIpc) is 2.54. The van der Waals surface area contributed by atoms with Crippen molar-refractivity contribution in [3.8, 4) is 11.3 Å². The zero-order valence-corrected chi connectivity index (χ0v) is 11.2. The molecule has 0 saturated heterocycles. The predicted octanol–water partition coefficient (Wildman–Crippen LogP) is 3.49. The largest absolute Gasteiger partial charge is 0.618 e. The van der Waals surface area contributed by atoms with Crippen molar-refractivity contribution in [1.29, 1.82) is 0 Å². The van der Waals surface area contributed by atoms with E-state index in [2.05, 4.69) is 11.2 Å². The van der Waals surface area contributed by atoms with Crippen LogP contribution < -0.4 is 4.73 Å². The highest BCUT2D eigenvalue weighted by atomic mass is 16.5. The van der Waals surface area contributed by atoms with E-state index in [9.17, 15) is 5.21 Å². The molecule has 0 saturated carbocycles. The molecule has 0 bridgehead atoms. The Morgan fingerprint density at radius 2 is 1.62 bits per heavy atom. The lowest BCUT2D eigenvalue weighted by Crippen LogP contribution is -2.27. The smallest absolute Gasteiger partial charge is 0.300 e. The Morgan fingerprint density at radius 1 is 0.857 bits per heavy atom. The molecule has 0 N–H and O–H groups in total. The second-order valence-electron chi connectivity index (χ2n) is 4.91. The third-order valence-corrected chi connectivity index (χ3v) is 3.55. The van der Waals surface area contributed by atoms with Crippen LogP contribution in [0.4, 0.5) is 0 Å². The summed E-state index contributed by atoms with van der Waals surface area (Å²) in [5, 5.41) is 14.0. The maximum absolute atomic E-state index is 12.1. The van der Waals surface area contributed by atoms with Crippen molar-refractivity contribution < 1.29 is 4.73 Å². The molecule has 21 heavy (non-hydrogen) atoms. The first kappa shape index (κ1) is 11.9. The molecule has 0 atom stereocenters. The van der Waals surface area contributed by atoms with Gasteiger partial charge in [-0.2, -0.15) is 4.73 Å². The molecule has 2 aromatic heterocycles. The second-order valence-corrected chi connectivity index (χ2v) is 4.91. The summed E-state index contributed by atoms with van der Waals surface area (Å²) >= 11 is 0. The van der Waals surface area contributed by atoms with Crippen LogP contribution in [0, 0.1) is 11.4 Å². The minimum Gasteiger partial charge on any atom is -0.618 e. The van der Waals surface area contributed by atoms with E-state index in [-0.39, 0.29) is 0 Å². The molecule has 4 aromatic rings. The van der Waals surface area contributed by atoms with Gasteiger partial charge in [0.05, 0.1) is 16.8 Å². The van der Waals surface area contributed by atoms with E-state index in [1.54, 1.807) is 6.07 Å². The van der Waals surface area contributed by atoms with Crippen molar-refractivity contribution in [2.45, 2.75) is 0 Å². The van der Waals surface area contributed by atoms with Crippen molar-refractivity contribution in [3.63, 3.8) is 0 Å². The van der Waals surface area contributed by atoms with Crippen LogP contribution in [0.1, 0.15) is 0 Å². The molecule has 0 amide bonds. The van der Waals surface area contributed by atoms with Gasteiger partial charge < -0.3 is 5.21 Å². The van der Waals surface area contributed by atoms with Gasteiger partial charge >= 0.3 is 6.20 Å². The van der Waals surface area contributed by atoms with Gasteiger partial charge in [0.1, 0.15) is 0 Å². The molecule has 0 unspecified atom stereocenters. The minimum absolute atomic E-state index is 0.613. The van der Waals surface area contributed by atoms with Crippen LogP contribution in [0.2, 0.25) is 0 Å². The van der Waals surface area contributed by atoms with Gasteiger partial charge in [-0.3, -0.25) is 0 Å². The van der Waals surface area contributed by atoms with Crippen LogP contribution in [0.3, 0.4) is 0 Å². The van der Waals surface area contributed by atoms with Gasteiger partial charge in [0, 0.05) is 16.8 Å². The van der Waals surface area contributed by atoms with Crippen molar-refractivity contribution >= 4 is 21.8 Å². The summed E-state index contributed by atoms with van der Waals surface area (Å²) in [6.45, 7) is 0. The lowest BCUT2D eigenvalue weighted by Gasteiger charge is -2.05. The molecule has 1 radical (unpaired) electrons. The number of aromatic nitrogens is 2. The van der Waals surface area contributed by atoms with Gasteiger partial charge in [-0.05, 0) is 24.3 Å². The fourth-order valence-electron chi connectivity index (χ4n) is 2.50. The van der Waals surface area contributed by atoms with E-state index in [0.717, 1.165) is 26.7 Å². The summed E-state index contributed by atoms with van der Waals surface area (Å²) in [6.07, 6.45) is 2.83. The second kappa shape index (κ2) is 4.56. The topological polar surface area (TPSA) is 39.8 Å². The van der Waals surface area contributed by atoms with E-state index < -0.39 is 0 Å². The fraction of sp³-hybridized carbons (Fsp3) is 0. The zero-order chi connectivity index (χ0) is 14.2. The van der Waals surface area contributed by atoms with E-state index >= 15 is 0 Å². The third-order valence-electron chi connectivity index (χ3n) is 3.55. The molecular formula is C18H11N2O. The number of pyridine rings is 2. The molecule has 0 spiro atoms. The molecule has 0 aliphatic heterocycles. The number of hydrogen-bond donors (Lipinski definition) is 0. The summed E-state index contributed by atoms with van der Waals surface area (Å²) < 4.78 is 0.779. The lowest BCUT2D eigenvalue weighted by atomic mass is 10.1. The first-order valence-corrected chi connectivity index (χ1v) is 6.72. The molecule has 99 valence electrons. The van der Waals surface area contributed by atoms with Gasteiger partial charge in [0.25, 0.3) is 0 Å². The molecule has 2 heterocycles. The molecule has 0 aliphatic rings. The average molecular weight is 271 g/mol. The van der Waals surface area contributed by atoms with Crippen LogP contribution in [0.5, 0.6) is 0 Å². The quantitative estimate of drug-likeness (QED) is 0.393. The molecule has 4 rings (SSSR count). The molecule has 0 aliphatic carbocycles. The molecule has 3 heteroatoms. The molecule has 3 nitrogen and oxygen atoms in total. The highest BCUT2D eigenvalue weighted by molar-refractivity contribution is 5.84. The van der Waals surface area contributed by atoms with Gasteiger partial charge in [0.2, 0.25) is 5.52 Å². The summed E-state index contributed by atoms with van der Waals surface area (Å²) in [4.78, 5) is 4.61. The van der Waals surface area contributed by atoms with Gasteiger partial charge in [0.15, 0.2) is 0 Å². The van der Waals surface area contributed by atoms with Crippen molar-refractivity contribution in [2.75, 3.05) is 0 Å². The maximum Gasteiger partial charge on any atom is 0.300 e. The summed E-state index contributed by atoms with van der Waals surface area (Å²) in [6, 6.07) is 21.3. The molecule has 0 fully saturated rings. The van der Waals surface area contributed by atoms with Crippen LogP contribution in [0.25, 0.3) is 33.1 Å². The Kier molecular flexibility index (Phi) is 2.57. The molecule has 2 aromatic carbocycles. The van der Waals surface area contributed by atoms with Crippen LogP contribution in [-0.2, 0) is 0 Å². The Morgan fingerprint density at radius 3 is 2.52 bits per heavy atom. The maximum atomic E-state index is 12.1. The standard InChI is InChI=1S/C18H11N2O/c21-20-12-15(11-14-6-2-4-8-18(14)20)17-10-9-13-5-1-3-7-16(13)19-17/h1-11H. The van der Waals surface area contributed by atoms with Gasteiger partial charge in [-0.15, -0.1) is 0 Å². The Hall–Kier alpha value is -2.94. The minimum atomic E-state index is 0.613. The first-order chi connectivity index (χ1) is 10.3. The lowest BCUT2D eigenvalue weighted by molar-refractivity contribution is -0.580. The Balaban J connectivity index is 1.95. The number of hydrogen-bond acceptors (Lipinski definition) is 2. The van der Waals surface area contributed by atoms with Crippen molar-refractivity contribution in [1.82, 2.24) is 4.98 Å². The SMILES string of the molecule is [O-][n+]1[c]c(-c2ccc3ccccc3n2)cc2ccccc21. The third kappa shape index (κ3) is 1.99. The monoisotopic (exact) mass is 271 g/mol. The molecular weight excluding hydrogens is 260 g/mol. The van der Waals surface area contributed by atoms with Gasteiger partial charge in [-0.1, -0.05) is 36.4 Å². The van der Waals surface area contributed by atoms with E-state index in [0.29, 0.717) is 11.1 Å².